The first-order chi connectivity index (χ1) is 18.2. The van der Waals surface area contributed by atoms with Crippen LogP contribution in [-0.4, -0.2) is 34.8 Å². The molecule has 3 aromatic rings. The van der Waals surface area contributed by atoms with Gasteiger partial charge in [0.1, 0.15) is 23.1 Å². The molecule has 2 amide bonds. The van der Waals surface area contributed by atoms with Gasteiger partial charge in [0.15, 0.2) is 0 Å². The van der Waals surface area contributed by atoms with Crippen LogP contribution in [0.25, 0.3) is 0 Å². The zero-order valence-electron chi connectivity index (χ0n) is 21.0. The fourth-order valence-electron chi connectivity index (χ4n) is 5.60. The lowest BCUT2D eigenvalue weighted by Gasteiger charge is -2.39. The summed E-state index contributed by atoms with van der Waals surface area (Å²) in [7, 11) is 0. The van der Waals surface area contributed by atoms with Crippen molar-refractivity contribution in [3.05, 3.63) is 81.3 Å². The van der Waals surface area contributed by atoms with Crippen molar-refractivity contribution in [1.82, 2.24) is 15.2 Å². The first kappa shape index (κ1) is 24.2. The van der Waals surface area contributed by atoms with Crippen molar-refractivity contribution in [3.63, 3.8) is 0 Å². The molecule has 1 aromatic heterocycles. The average molecular weight is 516 g/mol. The number of carbonyl (C=O) groups excluding carboxylic acids is 2. The van der Waals surface area contributed by atoms with Gasteiger partial charge in [-0.25, -0.2) is 4.98 Å². The van der Waals surface area contributed by atoms with Crippen LogP contribution >= 0.6 is 11.3 Å². The second-order valence-electron chi connectivity index (χ2n) is 10.5. The SMILES string of the molecule is O=C(NCC1CC1)c1csc(COc2ccc3c(c2)[C@H](c2ccccc2)N(C(=O)C2CCCC2)CC3)n1. The van der Waals surface area contributed by atoms with Crippen LogP contribution in [0.1, 0.15) is 76.8 Å². The number of benzene rings is 2. The van der Waals surface area contributed by atoms with Crippen molar-refractivity contribution in [1.29, 1.82) is 0 Å². The smallest absolute Gasteiger partial charge is 0.270 e. The van der Waals surface area contributed by atoms with Crippen LogP contribution in [0.4, 0.5) is 0 Å². The van der Waals surface area contributed by atoms with Crippen LogP contribution in [-0.2, 0) is 17.8 Å². The lowest BCUT2D eigenvalue weighted by Crippen LogP contribution is -2.43. The van der Waals surface area contributed by atoms with E-state index in [0.29, 0.717) is 24.1 Å². The molecule has 0 unspecified atom stereocenters. The Bertz CT molecular complexity index is 1260. The molecule has 2 saturated carbocycles. The topological polar surface area (TPSA) is 71.5 Å². The number of carbonyl (C=O) groups is 2. The number of nitrogens with one attached hydrogen (secondary N) is 1. The summed E-state index contributed by atoms with van der Waals surface area (Å²) in [5.74, 6) is 1.72. The Balaban J connectivity index is 1.20. The highest BCUT2D eigenvalue weighted by Crippen LogP contribution is 2.39. The monoisotopic (exact) mass is 515 g/mol. The molecule has 3 aliphatic rings. The summed E-state index contributed by atoms with van der Waals surface area (Å²) < 4.78 is 6.15. The van der Waals surface area contributed by atoms with E-state index in [9.17, 15) is 9.59 Å². The maximum atomic E-state index is 13.6. The molecule has 1 aliphatic heterocycles. The molecule has 0 radical (unpaired) electrons. The van der Waals surface area contributed by atoms with E-state index in [1.807, 2.05) is 24.3 Å². The van der Waals surface area contributed by atoms with Crippen LogP contribution in [0.15, 0.2) is 53.9 Å². The summed E-state index contributed by atoms with van der Waals surface area (Å²) >= 11 is 1.44. The number of hydrogen-bond acceptors (Lipinski definition) is 5. The van der Waals surface area contributed by atoms with Gasteiger partial charge in [-0.05, 0) is 66.8 Å². The minimum absolute atomic E-state index is 0.108. The van der Waals surface area contributed by atoms with Crippen molar-refractivity contribution in [3.8, 4) is 5.75 Å². The number of rotatable bonds is 8. The molecular weight excluding hydrogens is 482 g/mol. The van der Waals surface area contributed by atoms with Crippen molar-refractivity contribution in [2.75, 3.05) is 13.1 Å². The molecule has 1 N–H and O–H groups in total. The Morgan fingerprint density at radius 1 is 1.05 bits per heavy atom. The van der Waals surface area contributed by atoms with Crippen LogP contribution in [0.3, 0.4) is 0 Å². The quantitative estimate of drug-likeness (QED) is 0.428. The second-order valence-corrected chi connectivity index (χ2v) is 11.4. The van der Waals surface area contributed by atoms with Gasteiger partial charge in [-0.1, -0.05) is 49.2 Å². The molecule has 6 rings (SSSR count). The van der Waals surface area contributed by atoms with Gasteiger partial charge in [0.2, 0.25) is 5.91 Å². The van der Waals surface area contributed by atoms with Gasteiger partial charge in [-0.15, -0.1) is 11.3 Å². The normalized spacial score (nSPS) is 19.5. The van der Waals surface area contributed by atoms with E-state index in [0.717, 1.165) is 67.1 Å². The third kappa shape index (κ3) is 5.42. The van der Waals surface area contributed by atoms with Gasteiger partial charge in [0.25, 0.3) is 5.91 Å². The van der Waals surface area contributed by atoms with Gasteiger partial charge < -0.3 is 15.0 Å². The average Bonchev–Trinajstić information content (AvgIpc) is 3.38. The maximum Gasteiger partial charge on any atom is 0.270 e. The highest BCUT2D eigenvalue weighted by atomic mass is 32.1. The van der Waals surface area contributed by atoms with E-state index in [2.05, 4.69) is 39.5 Å². The number of aromatic nitrogens is 1. The van der Waals surface area contributed by atoms with Crippen LogP contribution in [0.2, 0.25) is 0 Å². The molecule has 0 saturated heterocycles. The predicted molar refractivity (Wildman–Crippen MR) is 144 cm³/mol. The van der Waals surface area contributed by atoms with Gasteiger partial charge in [-0.3, -0.25) is 9.59 Å². The number of fused-ring (bicyclic) bond motifs is 1. The van der Waals surface area contributed by atoms with Crippen LogP contribution < -0.4 is 10.1 Å². The molecule has 2 heterocycles. The summed E-state index contributed by atoms with van der Waals surface area (Å²) in [4.78, 5) is 32.5. The van der Waals surface area contributed by atoms with Gasteiger partial charge in [-0.2, -0.15) is 0 Å². The van der Waals surface area contributed by atoms with Crippen molar-refractivity contribution in [2.24, 2.45) is 11.8 Å². The van der Waals surface area contributed by atoms with Crippen molar-refractivity contribution >= 4 is 23.2 Å². The fraction of sp³-hybridized carbons (Fsp3) is 0.433. The second kappa shape index (κ2) is 10.7. The number of ether oxygens (including phenoxy) is 1. The Kier molecular flexibility index (Phi) is 6.96. The maximum absolute atomic E-state index is 13.6. The van der Waals surface area contributed by atoms with Crippen LogP contribution in [0, 0.1) is 11.8 Å². The van der Waals surface area contributed by atoms with Crippen LogP contribution in [0.5, 0.6) is 5.75 Å². The summed E-state index contributed by atoms with van der Waals surface area (Å²) in [6.07, 6.45) is 7.56. The molecule has 6 nitrogen and oxygen atoms in total. The molecule has 2 aliphatic carbocycles. The first-order valence-corrected chi connectivity index (χ1v) is 14.4. The zero-order valence-corrected chi connectivity index (χ0v) is 21.8. The van der Waals surface area contributed by atoms with E-state index in [-0.39, 0.29) is 17.9 Å². The number of hydrogen-bond donors (Lipinski definition) is 1. The third-order valence-corrected chi connectivity index (χ3v) is 8.67. The fourth-order valence-corrected chi connectivity index (χ4v) is 6.28. The van der Waals surface area contributed by atoms with E-state index in [1.165, 1.54) is 29.7 Å². The first-order valence-electron chi connectivity index (χ1n) is 13.5. The van der Waals surface area contributed by atoms with Crippen molar-refractivity contribution in [2.45, 2.75) is 57.6 Å². The molecular formula is C30H33N3O3S. The Morgan fingerprint density at radius 2 is 1.86 bits per heavy atom. The number of amides is 2. The highest BCUT2D eigenvalue weighted by molar-refractivity contribution is 7.09. The zero-order chi connectivity index (χ0) is 25.2. The predicted octanol–water partition coefficient (Wildman–Crippen LogP) is 5.53. The summed E-state index contributed by atoms with van der Waals surface area (Å²) in [6, 6.07) is 16.5. The molecule has 37 heavy (non-hydrogen) atoms. The molecule has 7 heteroatoms. The highest BCUT2D eigenvalue weighted by Gasteiger charge is 2.36. The van der Waals surface area contributed by atoms with E-state index in [4.69, 9.17) is 4.74 Å². The Hall–Kier alpha value is -3.19. The van der Waals surface area contributed by atoms with E-state index in [1.54, 1.807) is 5.38 Å². The Morgan fingerprint density at radius 3 is 2.65 bits per heavy atom. The van der Waals surface area contributed by atoms with E-state index < -0.39 is 0 Å². The summed E-state index contributed by atoms with van der Waals surface area (Å²) in [5.41, 5.74) is 4.00. The summed E-state index contributed by atoms with van der Waals surface area (Å²) in [5, 5.41) is 5.54. The van der Waals surface area contributed by atoms with E-state index >= 15 is 0 Å². The minimum atomic E-state index is -0.110. The molecule has 192 valence electrons. The Labute approximate surface area is 222 Å². The van der Waals surface area contributed by atoms with Gasteiger partial charge in [0.05, 0.1) is 6.04 Å². The van der Waals surface area contributed by atoms with Gasteiger partial charge >= 0.3 is 0 Å². The standard InChI is InChI=1S/C30H33N3O3S/c34-29(31-17-20-10-11-20)26-19-37-27(32-26)18-36-24-13-12-21-14-15-33(30(35)23-8-4-5-9-23)28(25(21)16-24)22-6-2-1-3-7-22/h1-3,6-7,12-13,16,19-20,23,28H,4-5,8-11,14-15,17-18H2,(H,31,34)/t28-/m0/s1. The molecule has 0 spiro atoms. The lowest BCUT2D eigenvalue weighted by atomic mass is 9.87. The minimum Gasteiger partial charge on any atom is -0.486 e. The molecule has 2 aromatic carbocycles. The van der Waals surface area contributed by atoms with Crippen molar-refractivity contribution < 1.29 is 14.3 Å². The molecule has 2 fully saturated rings. The lowest BCUT2D eigenvalue weighted by molar-refractivity contribution is -0.137. The molecule has 0 bridgehead atoms. The number of thiazole rings is 1. The largest absolute Gasteiger partial charge is 0.486 e. The third-order valence-electron chi connectivity index (χ3n) is 7.84. The van der Waals surface area contributed by atoms with Gasteiger partial charge in [0, 0.05) is 24.4 Å². The summed E-state index contributed by atoms with van der Waals surface area (Å²) in [6.45, 7) is 1.78. The molecule has 1 atom stereocenters. The number of nitrogens with zero attached hydrogens (tertiary/aromatic N) is 2.